The smallest absolute Gasteiger partial charge is 0.258 e. The number of rotatable bonds is 4. The predicted octanol–water partition coefficient (Wildman–Crippen LogP) is 6.63. The van der Waals surface area contributed by atoms with Crippen LogP contribution in [0.5, 0.6) is 0 Å². The lowest BCUT2D eigenvalue weighted by Gasteiger charge is -2.26. The first-order chi connectivity index (χ1) is 18.2. The summed E-state index contributed by atoms with van der Waals surface area (Å²) >= 11 is 0. The maximum absolute atomic E-state index is 13.6. The van der Waals surface area contributed by atoms with Crippen molar-refractivity contribution in [1.82, 2.24) is 0 Å². The van der Waals surface area contributed by atoms with Crippen molar-refractivity contribution in [3.63, 3.8) is 0 Å². The zero-order chi connectivity index (χ0) is 25.2. The van der Waals surface area contributed by atoms with Crippen LogP contribution in [0.2, 0.25) is 0 Å². The molecule has 6 rings (SSSR count). The Morgan fingerprint density at radius 2 is 1.41 bits per heavy atom. The van der Waals surface area contributed by atoms with Gasteiger partial charge in [0.1, 0.15) is 0 Å². The third kappa shape index (κ3) is 4.49. The molecule has 0 spiro atoms. The van der Waals surface area contributed by atoms with Gasteiger partial charge in [-0.05, 0) is 72.9 Å². The van der Waals surface area contributed by atoms with Crippen LogP contribution in [-0.2, 0) is 0 Å². The van der Waals surface area contributed by atoms with Gasteiger partial charge in [0, 0.05) is 35.9 Å². The van der Waals surface area contributed by atoms with Crippen molar-refractivity contribution < 1.29 is 9.59 Å². The maximum atomic E-state index is 13.6. The summed E-state index contributed by atoms with van der Waals surface area (Å²) in [5, 5.41) is 3.00. The molecule has 2 aliphatic heterocycles. The molecule has 0 bridgehead atoms. The van der Waals surface area contributed by atoms with Crippen LogP contribution in [0.1, 0.15) is 40.0 Å². The zero-order valence-corrected chi connectivity index (χ0v) is 20.6. The number of carbonyl (C=O) groups excluding carboxylic acids is 2. The number of nitrogens with one attached hydrogen (secondary N) is 1. The number of carbonyl (C=O) groups is 2. The van der Waals surface area contributed by atoms with Gasteiger partial charge in [-0.15, -0.1) is 0 Å². The molecule has 0 aromatic heterocycles. The molecule has 2 heterocycles. The number of amides is 2. The largest absolute Gasteiger partial charge is 0.367 e. The lowest BCUT2D eigenvalue weighted by atomic mass is 9.99. The lowest BCUT2D eigenvalue weighted by Crippen LogP contribution is -2.32. The Morgan fingerprint density at radius 3 is 2.22 bits per heavy atom. The Bertz CT molecular complexity index is 1430. The molecule has 0 radical (unpaired) electrons. The molecule has 1 N–H and O–H groups in total. The average molecular weight is 488 g/mol. The number of para-hydroxylation sites is 2. The summed E-state index contributed by atoms with van der Waals surface area (Å²) in [6.07, 6.45) is 3.35. The quantitative estimate of drug-likeness (QED) is 0.352. The summed E-state index contributed by atoms with van der Waals surface area (Å²) in [6, 6.07) is 33.4. The van der Waals surface area contributed by atoms with E-state index in [4.69, 9.17) is 0 Å². The summed E-state index contributed by atoms with van der Waals surface area (Å²) in [5.74, 6) is -0.193. The molecule has 1 atom stereocenters. The third-order valence-corrected chi connectivity index (χ3v) is 7.44. The van der Waals surface area contributed by atoms with E-state index in [0.717, 1.165) is 35.5 Å². The molecule has 0 aliphatic carbocycles. The number of anilines is 3. The second-order valence-electron chi connectivity index (χ2n) is 9.67. The van der Waals surface area contributed by atoms with Gasteiger partial charge in [0.05, 0.1) is 11.4 Å². The molecule has 0 saturated carbocycles. The summed E-state index contributed by atoms with van der Waals surface area (Å²) in [7, 11) is 0. The van der Waals surface area contributed by atoms with Crippen LogP contribution in [0.15, 0.2) is 103 Å². The molecule has 1 fully saturated rings. The normalized spacial score (nSPS) is 16.5. The van der Waals surface area contributed by atoms with Crippen molar-refractivity contribution in [2.24, 2.45) is 0 Å². The van der Waals surface area contributed by atoms with E-state index >= 15 is 0 Å². The van der Waals surface area contributed by atoms with E-state index in [0.29, 0.717) is 29.4 Å². The van der Waals surface area contributed by atoms with E-state index in [2.05, 4.69) is 22.3 Å². The number of benzene rings is 4. The third-order valence-electron chi connectivity index (χ3n) is 7.44. The summed E-state index contributed by atoms with van der Waals surface area (Å²) in [6.45, 7) is 1.75. The highest BCUT2D eigenvalue weighted by atomic mass is 16.2. The maximum Gasteiger partial charge on any atom is 0.258 e. The molecule has 2 aliphatic rings. The lowest BCUT2D eigenvalue weighted by molar-refractivity contribution is 0.0985. The van der Waals surface area contributed by atoms with Crippen LogP contribution in [0.3, 0.4) is 0 Å². The second-order valence-corrected chi connectivity index (χ2v) is 9.67. The molecule has 4 aromatic carbocycles. The van der Waals surface area contributed by atoms with Crippen molar-refractivity contribution in [2.75, 3.05) is 28.2 Å². The van der Waals surface area contributed by atoms with E-state index in [1.165, 1.54) is 12.8 Å². The minimum Gasteiger partial charge on any atom is -0.367 e. The Balaban J connectivity index is 1.21. The standard InChI is InChI=1S/C32H29N3O2/c36-31(28-13-5-4-12-27(28)23-9-2-1-3-10-23)33-25-18-16-24(17-19-25)32(37)35-22-20-26-11-8-21-34(26)29-14-6-7-15-30(29)35/h1-7,9-10,12-19,26H,8,11,20-22H2,(H,33,36)/t26-/m1/s1. The first-order valence-electron chi connectivity index (χ1n) is 12.9. The Kier molecular flexibility index (Phi) is 6.19. The van der Waals surface area contributed by atoms with Crippen LogP contribution in [-0.4, -0.2) is 30.9 Å². The van der Waals surface area contributed by atoms with Gasteiger partial charge >= 0.3 is 0 Å². The second kappa shape index (κ2) is 9.94. The van der Waals surface area contributed by atoms with E-state index in [1.807, 2.05) is 71.6 Å². The van der Waals surface area contributed by atoms with Crippen LogP contribution < -0.4 is 15.1 Å². The molecule has 5 nitrogen and oxygen atoms in total. The fourth-order valence-corrected chi connectivity index (χ4v) is 5.60. The van der Waals surface area contributed by atoms with Gasteiger partial charge < -0.3 is 15.1 Å². The van der Waals surface area contributed by atoms with E-state index in [9.17, 15) is 9.59 Å². The van der Waals surface area contributed by atoms with Gasteiger partial charge in [-0.3, -0.25) is 9.59 Å². The highest BCUT2D eigenvalue weighted by Crippen LogP contribution is 2.39. The zero-order valence-electron chi connectivity index (χ0n) is 20.6. The average Bonchev–Trinajstić information content (AvgIpc) is 3.36. The number of fused-ring (bicyclic) bond motifs is 3. The van der Waals surface area contributed by atoms with Gasteiger partial charge in [0.15, 0.2) is 0 Å². The number of nitrogens with zero attached hydrogens (tertiary/aromatic N) is 2. The summed E-state index contributed by atoms with van der Waals surface area (Å²) in [5.41, 5.74) is 5.88. The fraction of sp³-hybridized carbons (Fsp3) is 0.188. The van der Waals surface area contributed by atoms with E-state index in [-0.39, 0.29) is 11.8 Å². The van der Waals surface area contributed by atoms with Gasteiger partial charge in [0.2, 0.25) is 0 Å². The van der Waals surface area contributed by atoms with Gasteiger partial charge in [-0.1, -0.05) is 60.7 Å². The van der Waals surface area contributed by atoms with E-state index in [1.54, 1.807) is 24.3 Å². The van der Waals surface area contributed by atoms with Crippen LogP contribution >= 0.6 is 0 Å². The van der Waals surface area contributed by atoms with Crippen molar-refractivity contribution in [2.45, 2.75) is 25.3 Å². The Labute approximate surface area is 217 Å². The molecule has 1 saturated heterocycles. The molecular formula is C32H29N3O2. The molecule has 4 aromatic rings. The van der Waals surface area contributed by atoms with Crippen LogP contribution in [0.25, 0.3) is 11.1 Å². The molecule has 5 heteroatoms. The SMILES string of the molecule is O=C(Nc1ccc(C(=O)N2CC[C@H]3CCCN3c3ccccc32)cc1)c1ccccc1-c1ccccc1. The monoisotopic (exact) mass is 487 g/mol. The minimum absolute atomic E-state index is 0.0130. The van der Waals surface area contributed by atoms with Crippen molar-refractivity contribution in [3.05, 3.63) is 114 Å². The highest BCUT2D eigenvalue weighted by Gasteiger charge is 2.33. The van der Waals surface area contributed by atoms with Crippen molar-refractivity contribution >= 4 is 28.9 Å². The highest BCUT2D eigenvalue weighted by molar-refractivity contribution is 6.10. The van der Waals surface area contributed by atoms with Crippen molar-refractivity contribution in [1.29, 1.82) is 0 Å². The molecular weight excluding hydrogens is 458 g/mol. The predicted molar refractivity (Wildman–Crippen MR) is 149 cm³/mol. The van der Waals surface area contributed by atoms with Gasteiger partial charge in [0.25, 0.3) is 11.8 Å². The molecule has 2 amide bonds. The Morgan fingerprint density at radius 1 is 0.703 bits per heavy atom. The topological polar surface area (TPSA) is 52.7 Å². The summed E-state index contributed by atoms with van der Waals surface area (Å²) in [4.78, 5) is 31.1. The first-order valence-corrected chi connectivity index (χ1v) is 12.9. The van der Waals surface area contributed by atoms with E-state index < -0.39 is 0 Å². The first kappa shape index (κ1) is 23.0. The minimum atomic E-state index is -0.180. The Hall–Kier alpha value is -4.38. The molecule has 0 unspecified atom stereocenters. The van der Waals surface area contributed by atoms with Crippen LogP contribution in [0.4, 0.5) is 17.1 Å². The number of hydrogen-bond donors (Lipinski definition) is 1. The fourth-order valence-electron chi connectivity index (χ4n) is 5.60. The number of hydrogen-bond acceptors (Lipinski definition) is 3. The van der Waals surface area contributed by atoms with Crippen LogP contribution in [0, 0.1) is 0 Å². The van der Waals surface area contributed by atoms with Crippen molar-refractivity contribution in [3.8, 4) is 11.1 Å². The molecule has 37 heavy (non-hydrogen) atoms. The van der Waals surface area contributed by atoms with Gasteiger partial charge in [-0.25, -0.2) is 0 Å². The molecule has 184 valence electrons. The summed E-state index contributed by atoms with van der Waals surface area (Å²) < 4.78 is 0. The van der Waals surface area contributed by atoms with Gasteiger partial charge in [-0.2, -0.15) is 0 Å².